The predicted octanol–water partition coefficient (Wildman–Crippen LogP) is 5.77. The van der Waals surface area contributed by atoms with E-state index in [0.29, 0.717) is 11.0 Å². The lowest BCUT2D eigenvalue weighted by Crippen LogP contribution is -2.41. The molecule has 0 unspecified atom stereocenters. The second kappa shape index (κ2) is 7.86. The van der Waals surface area contributed by atoms with E-state index in [-0.39, 0.29) is 0 Å². The van der Waals surface area contributed by atoms with Gasteiger partial charge in [0.15, 0.2) is 8.32 Å². The maximum Gasteiger partial charge on any atom is 0.191 e. The fourth-order valence-electron chi connectivity index (χ4n) is 1.46. The minimum Gasteiger partial charge on any atom is -0.417 e. The lowest BCUT2D eigenvalue weighted by Gasteiger charge is -2.36. The van der Waals surface area contributed by atoms with Gasteiger partial charge in [0.05, 0.1) is 0 Å². The number of hydrogen-bond donors (Lipinski definition) is 0. The molecule has 0 N–H and O–H groups in total. The second-order valence-electron chi connectivity index (χ2n) is 6.69. The summed E-state index contributed by atoms with van der Waals surface area (Å²) in [5.74, 6) is 0.613. The van der Waals surface area contributed by atoms with Crippen molar-refractivity contribution in [1.82, 2.24) is 0 Å². The Balaban J connectivity index is 4.17. The molecule has 0 aromatic carbocycles. The van der Waals surface area contributed by atoms with E-state index >= 15 is 0 Å². The Morgan fingerprint density at radius 3 is 2.28 bits per heavy atom. The highest BCUT2D eigenvalue weighted by Crippen LogP contribution is 2.36. The van der Waals surface area contributed by atoms with Gasteiger partial charge in [-0.2, -0.15) is 0 Å². The molecule has 0 aliphatic carbocycles. The second-order valence-corrected chi connectivity index (χ2v) is 12.1. The highest BCUT2D eigenvalue weighted by atomic mass is 79.9. The van der Waals surface area contributed by atoms with Gasteiger partial charge in [-0.3, -0.25) is 0 Å². The molecular weight excluding hydrogens is 304 g/mol. The molecule has 0 spiro atoms. The Labute approximate surface area is 124 Å². The Morgan fingerprint density at radius 2 is 1.89 bits per heavy atom. The molecule has 0 bridgehead atoms. The van der Waals surface area contributed by atoms with Crippen molar-refractivity contribution in [3.8, 4) is 0 Å². The van der Waals surface area contributed by atoms with Crippen molar-refractivity contribution in [2.45, 2.75) is 65.6 Å². The molecule has 1 nitrogen and oxygen atoms in total. The molecule has 0 aliphatic heterocycles. The number of hydrogen-bond acceptors (Lipinski definition) is 1. The summed E-state index contributed by atoms with van der Waals surface area (Å²) in [5, 5.41) is 1.31. The van der Waals surface area contributed by atoms with Gasteiger partial charge in [-0.1, -0.05) is 62.2 Å². The summed E-state index contributed by atoms with van der Waals surface area (Å²) in [6.45, 7) is 16.9. The highest BCUT2D eigenvalue weighted by Gasteiger charge is 2.36. The smallest absolute Gasteiger partial charge is 0.191 e. The van der Waals surface area contributed by atoms with Gasteiger partial charge in [-0.05, 0) is 36.9 Å². The zero-order valence-corrected chi connectivity index (χ0v) is 15.9. The van der Waals surface area contributed by atoms with E-state index in [1.54, 1.807) is 0 Å². The first-order valence-electron chi connectivity index (χ1n) is 7.03. The van der Waals surface area contributed by atoms with E-state index in [1.807, 2.05) is 0 Å². The van der Waals surface area contributed by atoms with Crippen molar-refractivity contribution < 1.29 is 4.43 Å². The molecule has 3 heteroatoms. The summed E-state index contributed by atoms with van der Waals surface area (Å²) in [7, 11) is -1.56. The molecule has 0 rings (SSSR count). The van der Waals surface area contributed by atoms with Crippen molar-refractivity contribution >= 4 is 24.2 Å². The molecule has 0 fully saturated rings. The number of rotatable bonds is 7. The molecule has 108 valence electrons. The van der Waals surface area contributed by atoms with Crippen LogP contribution in [-0.2, 0) is 4.43 Å². The average molecular weight is 335 g/mol. The molecule has 1 atom stereocenters. The van der Waals surface area contributed by atoms with Gasteiger partial charge in [0, 0.05) is 11.9 Å². The first-order valence-corrected chi connectivity index (χ1v) is 11.1. The average Bonchev–Trinajstić information content (AvgIpc) is 2.24. The van der Waals surface area contributed by atoms with Crippen LogP contribution in [0.4, 0.5) is 0 Å². The van der Waals surface area contributed by atoms with Crippen LogP contribution in [-0.4, -0.2) is 20.3 Å². The first kappa shape index (κ1) is 18.4. The molecular formula is C15H31BrOSi. The Bertz CT molecular complexity index is 260. The third-order valence-electron chi connectivity index (χ3n) is 3.99. The Kier molecular flexibility index (Phi) is 8.03. The maximum atomic E-state index is 6.21. The Morgan fingerprint density at radius 1 is 1.33 bits per heavy atom. The number of alkyl halides is 1. The Hall–Kier alpha value is 0.397. The molecule has 0 aromatic rings. The molecule has 0 aromatic heterocycles. The predicted molar refractivity (Wildman–Crippen MR) is 89.1 cm³/mol. The molecule has 0 radical (unpaired) electrons. The zero-order valence-electron chi connectivity index (χ0n) is 13.3. The molecule has 0 amide bonds. The van der Waals surface area contributed by atoms with Crippen LogP contribution in [0.3, 0.4) is 0 Å². The molecule has 0 saturated carbocycles. The van der Waals surface area contributed by atoms with Crippen LogP contribution in [0.5, 0.6) is 0 Å². The van der Waals surface area contributed by atoms with E-state index in [1.165, 1.54) is 5.57 Å². The van der Waals surface area contributed by atoms with Crippen LogP contribution in [0, 0.1) is 5.92 Å². The summed E-state index contributed by atoms with van der Waals surface area (Å²) in [5.41, 5.74) is 1.50. The summed E-state index contributed by atoms with van der Waals surface area (Å²) in [4.78, 5) is 0. The molecule has 0 saturated heterocycles. The molecule has 18 heavy (non-hydrogen) atoms. The van der Waals surface area contributed by atoms with Crippen molar-refractivity contribution in [3.63, 3.8) is 0 Å². The van der Waals surface area contributed by atoms with Crippen molar-refractivity contribution in [1.29, 1.82) is 0 Å². The summed E-state index contributed by atoms with van der Waals surface area (Å²) in [6, 6.07) is 0. The van der Waals surface area contributed by atoms with E-state index < -0.39 is 8.32 Å². The normalized spacial score (nSPS) is 15.9. The highest BCUT2D eigenvalue weighted by molar-refractivity contribution is 9.09. The standard InChI is InChI=1S/C15H31BrOSi/c1-8-14(12-16)11-13(2)9-10-17-18(6,7)15(3,4)5/h11,13H,8-10,12H2,1-7H3/b14-11-/t13-/m1/s1. The van der Waals surface area contributed by atoms with Gasteiger partial charge in [0.2, 0.25) is 0 Å². The fraction of sp³-hybridized carbons (Fsp3) is 0.867. The lowest BCUT2D eigenvalue weighted by molar-refractivity contribution is 0.270. The van der Waals surface area contributed by atoms with Gasteiger partial charge in [0.1, 0.15) is 0 Å². The van der Waals surface area contributed by atoms with Gasteiger partial charge in [-0.15, -0.1) is 0 Å². The number of allylic oxidation sites excluding steroid dienone is 2. The van der Waals surface area contributed by atoms with E-state index in [0.717, 1.165) is 24.8 Å². The van der Waals surface area contributed by atoms with Gasteiger partial charge >= 0.3 is 0 Å². The van der Waals surface area contributed by atoms with E-state index in [2.05, 4.69) is 69.7 Å². The molecule has 0 aliphatic rings. The van der Waals surface area contributed by atoms with E-state index in [9.17, 15) is 0 Å². The summed E-state index contributed by atoms with van der Waals surface area (Å²) in [6.07, 6.45) is 4.66. The van der Waals surface area contributed by atoms with E-state index in [4.69, 9.17) is 4.43 Å². The van der Waals surface area contributed by atoms with Crippen LogP contribution in [0.1, 0.15) is 47.5 Å². The topological polar surface area (TPSA) is 9.23 Å². The maximum absolute atomic E-state index is 6.21. The van der Waals surface area contributed by atoms with Crippen molar-refractivity contribution in [2.24, 2.45) is 5.92 Å². The minimum atomic E-state index is -1.56. The van der Waals surface area contributed by atoms with Crippen LogP contribution in [0.2, 0.25) is 18.1 Å². The van der Waals surface area contributed by atoms with Crippen LogP contribution >= 0.6 is 15.9 Å². The van der Waals surface area contributed by atoms with Crippen LogP contribution in [0.25, 0.3) is 0 Å². The fourth-order valence-corrected chi connectivity index (χ4v) is 3.10. The summed E-state index contributed by atoms with van der Waals surface area (Å²) >= 11 is 3.54. The van der Waals surface area contributed by atoms with Crippen LogP contribution in [0.15, 0.2) is 11.6 Å². The van der Waals surface area contributed by atoms with Gasteiger partial charge in [0.25, 0.3) is 0 Å². The molecule has 0 heterocycles. The minimum absolute atomic E-state index is 0.316. The zero-order chi connectivity index (χ0) is 14.4. The monoisotopic (exact) mass is 334 g/mol. The third-order valence-corrected chi connectivity index (χ3v) is 9.25. The third kappa shape index (κ3) is 6.53. The quantitative estimate of drug-likeness (QED) is 0.326. The van der Waals surface area contributed by atoms with Crippen molar-refractivity contribution in [2.75, 3.05) is 11.9 Å². The van der Waals surface area contributed by atoms with Crippen molar-refractivity contribution in [3.05, 3.63) is 11.6 Å². The summed E-state index contributed by atoms with van der Waals surface area (Å²) < 4.78 is 6.21. The number of halogens is 1. The lowest BCUT2D eigenvalue weighted by atomic mass is 10.0. The SMILES string of the molecule is CC/C(=C/[C@H](C)CCO[Si](C)(C)C(C)(C)C)CBr. The van der Waals surface area contributed by atoms with Gasteiger partial charge < -0.3 is 4.43 Å². The van der Waals surface area contributed by atoms with Crippen LogP contribution < -0.4 is 0 Å². The largest absolute Gasteiger partial charge is 0.417 e. The first-order chi connectivity index (χ1) is 8.14. The van der Waals surface area contributed by atoms with Gasteiger partial charge in [-0.25, -0.2) is 0 Å².